The summed E-state index contributed by atoms with van der Waals surface area (Å²) in [5.41, 5.74) is 7.24. The van der Waals surface area contributed by atoms with Crippen LogP contribution in [0.5, 0.6) is 11.5 Å². The second kappa shape index (κ2) is 13.1. The van der Waals surface area contributed by atoms with Crippen LogP contribution in [0, 0.1) is 13.8 Å². The number of benzene rings is 4. The van der Waals surface area contributed by atoms with E-state index >= 15 is 0 Å². The van der Waals surface area contributed by atoms with Crippen LogP contribution in [-0.4, -0.2) is 26.0 Å². The van der Waals surface area contributed by atoms with Crippen molar-refractivity contribution in [3.8, 4) is 22.6 Å². The van der Waals surface area contributed by atoms with E-state index in [1.165, 1.54) is 12.2 Å². The summed E-state index contributed by atoms with van der Waals surface area (Å²) >= 11 is 0. The van der Waals surface area contributed by atoms with Crippen molar-refractivity contribution in [1.82, 2.24) is 0 Å². The molecule has 202 valence electrons. The summed E-state index contributed by atoms with van der Waals surface area (Å²) in [6, 6.07) is 26.8. The summed E-state index contributed by atoms with van der Waals surface area (Å²) in [7, 11) is 3.24. The minimum Gasteiger partial charge on any atom is -0.497 e. The molecule has 0 saturated heterocycles. The summed E-state index contributed by atoms with van der Waals surface area (Å²) < 4.78 is 10.3. The summed E-state index contributed by atoms with van der Waals surface area (Å²) in [6.45, 7) is 3.92. The number of nitrogens with one attached hydrogen (secondary N) is 2. The molecule has 2 amide bonds. The average Bonchev–Trinajstić information content (AvgIpc) is 2.97. The number of rotatable bonds is 9. The second-order valence-electron chi connectivity index (χ2n) is 9.25. The lowest BCUT2D eigenvalue weighted by molar-refractivity contribution is -0.112. The predicted octanol–water partition coefficient (Wildman–Crippen LogP) is 7.29. The van der Waals surface area contributed by atoms with Gasteiger partial charge in [-0.25, -0.2) is 0 Å². The van der Waals surface area contributed by atoms with Crippen molar-refractivity contribution < 1.29 is 19.1 Å². The molecule has 4 aromatic carbocycles. The van der Waals surface area contributed by atoms with Crippen molar-refractivity contribution in [1.29, 1.82) is 0 Å². The van der Waals surface area contributed by atoms with E-state index in [1.54, 1.807) is 26.4 Å². The quantitative estimate of drug-likeness (QED) is 0.222. The van der Waals surface area contributed by atoms with Gasteiger partial charge in [0.1, 0.15) is 11.5 Å². The lowest BCUT2D eigenvalue weighted by Gasteiger charge is -2.12. The van der Waals surface area contributed by atoms with Crippen LogP contribution in [-0.2, 0) is 9.59 Å². The first-order chi connectivity index (χ1) is 19.3. The van der Waals surface area contributed by atoms with E-state index in [-0.39, 0.29) is 11.8 Å². The highest BCUT2D eigenvalue weighted by Gasteiger charge is 2.08. The van der Waals surface area contributed by atoms with Crippen LogP contribution in [0.15, 0.2) is 97.1 Å². The van der Waals surface area contributed by atoms with Gasteiger partial charge < -0.3 is 20.1 Å². The zero-order chi connectivity index (χ0) is 28.5. The lowest BCUT2D eigenvalue weighted by atomic mass is 10.00. The maximum absolute atomic E-state index is 12.5. The van der Waals surface area contributed by atoms with Gasteiger partial charge in [-0.2, -0.15) is 0 Å². The number of carbonyl (C=O) groups is 2. The van der Waals surface area contributed by atoms with Gasteiger partial charge in [0.15, 0.2) is 0 Å². The third-order valence-electron chi connectivity index (χ3n) is 6.39. The van der Waals surface area contributed by atoms with Crippen LogP contribution in [0.1, 0.15) is 22.3 Å². The maximum atomic E-state index is 12.5. The minimum atomic E-state index is -0.205. The first kappa shape index (κ1) is 27.9. The molecule has 40 heavy (non-hydrogen) atoms. The topological polar surface area (TPSA) is 76.7 Å². The van der Waals surface area contributed by atoms with Crippen LogP contribution < -0.4 is 20.1 Å². The van der Waals surface area contributed by atoms with Gasteiger partial charge in [0.2, 0.25) is 11.8 Å². The predicted molar refractivity (Wildman–Crippen MR) is 163 cm³/mol. The fourth-order valence-corrected chi connectivity index (χ4v) is 4.09. The van der Waals surface area contributed by atoms with E-state index in [9.17, 15) is 9.59 Å². The first-order valence-electron chi connectivity index (χ1n) is 12.8. The Morgan fingerprint density at radius 1 is 0.575 bits per heavy atom. The number of aryl methyl sites for hydroxylation is 2. The number of ether oxygens (including phenoxy) is 2. The third-order valence-corrected chi connectivity index (χ3v) is 6.39. The molecule has 4 aromatic rings. The van der Waals surface area contributed by atoms with Gasteiger partial charge >= 0.3 is 0 Å². The highest BCUT2D eigenvalue weighted by Crippen LogP contribution is 2.28. The van der Waals surface area contributed by atoms with Gasteiger partial charge in [-0.05, 0) is 108 Å². The Bertz CT molecular complexity index is 1430. The minimum absolute atomic E-state index is 0.205. The summed E-state index contributed by atoms with van der Waals surface area (Å²) in [6.07, 6.45) is 6.54. The molecule has 6 heteroatoms. The van der Waals surface area contributed by atoms with E-state index in [4.69, 9.17) is 9.47 Å². The fraction of sp³-hybridized carbons (Fsp3) is 0.118. The SMILES string of the molecule is COc1ccc(C=CC(=O)Nc2ccc(-c3ccc(NC(=O)C=Cc4ccc(OC)cc4)c(C)c3)cc2C)cc1. The van der Waals surface area contributed by atoms with Crippen LogP contribution >= 0.6 is 0 Å². The van der Waals surface area contributed by atoms with Gasteiger partial charge in [0.05, 0.1) is 14.2 Å². The Hall–Kier alpha value is -5.10. The molecule has 0 fully saturated rings. The van der Waals surface area contributed by atoms with Crippen molar-refractivity contribution in [2.75, 3.05) is 24.9 Å². The molecule has 6 nitrogen and oxygen atoms in total. The third kappa shape index (κ3) is 7.48. The van der Waals surface area contributed by atoms with Crippen molar-refractivity contribution >= 4 is 35.3 Å². The van der Waals surface area contributed by atoms with E-state index in [1.807, 2.05) is 98.8 Å². The maximum Gasteiger partial charge on any atom is 0.248 e. The smallest absolute Gasteiger partial charge is 0.248 e. The molecule has 0 aliphatic heterocycles. The normalized spacial score (nSPS) is 11.0. The van der Waals surface area contributed by atoms with Crippen LogP contribution in [0.25, 0.3) is 23.3 Å². The van der Waals surface area contributed by atoms with Crippen LogP contribution in [0.2, 0.25) is 0 Å². The van der Waals surface area contributed by atoms with Crippen molar-refractivity contribution in [2.45, 2.75) is 13.8 Å². The average molecular weight is 533 g/mol. The summed E-state index contributed by atoms with van der Waals surface area (Å²) in [5, 5.41) is 5.89. The molecule has 0 spiro atoms. The molecule has 0 bridgehead atoms. The highest BCUT2D eigenvalue weighted by molar-refractivity contribution is 6.03. The molecule has 2 N–H and O–H groups in total. The lowest BCUT2D eigenvalue weighted by Crippen LogP contribution is -2.09. The molecule has 0 heterocycles. The monoisotopic (exact) mass is 532 g/mol. The highest BCUT2D eigenvalue weighted by atomic mass is 16.5. The first-order valence-corrected chi connectivity index (χ1v) is 12.8. The summed E-state index contributed by atoms with van der Waals surface area (Å²) in [5.74, 6) is 1.13. The number of amides is 2. The Morgan fingerprint density at radius 2 is 0.950 bits per heavy atom. The number of hydrogen-bond donors (Lipinski definition) is 2. The number of carbonyl (C=O) groups excluding carboxylic acids is 2. The van der Waals surface area contributed by atoms with Gasteiger partial charge in [0.25, 0.3) is 0 Å². The molecule has 4 rings (SSSR count). The Morgan fingerprint density at radius 3 is 1.27 bits per heavy atom. The van der Waals surface area contributed by atoms with Gasteiger partial charge in [0, 0.05) is 23.5 Å². The summed E-state index contributed by atoms with van der Waals surface area (Å²) in [4.78, 5) is 24.9. The molecule has 0 aromatic heterocycles. The van der Waals surface area contributed by atoms with Gasteiger partial charge in [-0.3, -0.25) is 9.59 Å². The molecular weight excluding hydrogens is 500 g/mol. The number of methoxy groups -OCH3 is 2. The molecular formula is C34H32N2O4. The number of hydrogen-bond acceptors (Lipinski definition) is 4. The Balaban J connectivity index is 1.37. The molecule has 0 unspecified atom stereocenters. The van der Waals surface area contributed by atoms with E-state index in [0.29, 0.717) is 0 Å². The molecule has 0 aliphatic carbocycles. The van der Waals surface area contributed by atoms with E-state index in [0.717, 1.165) is 56.3 Å². The van der Waals surface area contributed by atoms with E-state index in [2.05, 4.69) is 10.6 Å². The van der Waals surface area contributed by atoms with Crippen LogP contribution in [0.3, 0.4) is 0 Å². The molecule has 0 atom stereocenters. The van der Waals surface area contributed by atoms with Gasteiger partial charge in [-0.15, -0.1) is 0 Å². The van der Waals surface area contributed by atoms with Crippen LogP contribution in [0.4, 0.5) is 11.4 Å². The van der Waals surface area contributed by atoms with Gasteiger partial charge in [-0.1, -0.05) is 36.4 Å². The largest absolute Gasteiger partial charge is 0.497 e. The number of anilines is 2. The second-order valence-corrected chi connectivity index (χ2v) is 9.25. The fourth-order valence-electron chi connectivity index (χ4n) is 4.09. The Labute approximate surface area is 235 Å². The zero-order valence-corrected chi connectivity index (χ0v) is 23.0. The Kier molecular flexibility index (Phi) is 9.15. The van der Waals surface area contributed by atoms with E-state index < -0.39 is 0 Å². The zero-order valence-electron chi connectivity index (χ0n) is 23.0. The molecule has 0 saturated carbocycles. The standard InChI is InChI=1S/C34H32N2O4/c1-23-21-27(11-17-31(23)35-33(37)19-9-25-5-13-29(39-3)14-6-25)28-12-18-32(24(2)22-28)36-34(38)20-10-26-7-15-30(40-4)16-8-26/h5-22H,1-4H3,(H,35,37)(H,36,38). The van der Waals surface area contributed by atoms with Crippen molar-refractivity contribution in [3.63, 3.8) is 0 Å². The molecule has 0 aliphatic rings. The van der Waals surface area contributed by atoms with Crippen molar-refractivity contribution in [2.24, 2.45) is 0 Å². The molecule has 0 radical (unpaired) electrons. The van der Waals surface area contributed by atoms with Crippen molar-refractivity contribution in [3.05, 3.63) is 119 Å².